The lowest BCUT2D eigenvalue weighted by atomic mass is 10.2. The van der Waals surface area contributed by atoms with Crippen LogP contribution in [-0.2, 0) is 13.0 Å². The standard InChI is InChI=1S/C16H16N4O/c1-2-10-20-13-7-4-3-6-12(13)19-15(20)11-14(21)16-17-8-5-9-18-16/h3-9H,2,10-11H2,1H3. The highest BCUT2D eigenvalue weighted by Gasteiger charge is 2.16. The number of benzene rings is 1. The summed E-state index contributed by atoms with van der Waals surface area (Å²) in [5.74, 6) is 0.909. The predicted octanol–water partition coefficient (Wildman–Crippen LogP) is 2.66. The highest BCUT2D eigenvalue weighted by atomic mass is 16.1. The molecular weight excluding hydrogens is 264 g/mol. The highest BCUT2D eigenvalue weighted by molar-refractivity contribution is 5.94. The number of para-hydroxylation sites is 2. The maximum absolute atomic E-state index is 12.3. The summed E-state index contributed by atoms with van der Waals surface area (Å²) in [5, 5.41) is 0. The van der Waals surface area contributed by atoms with Crippen LogP contribution in [0.1, 0.15) is 29.8 Å². The molecule has 0 spiro atoms. The number of hydrogen-bond acceptors (Lipinski definition) is 4. The molecule has 0 saturated heterocycles. The van der Waals surface area contributed by atoms with Crippen molar-refractivity contribution >= 4 is 16.8 Å². The fourth-order valence-corrected chi connectivity index (χ4v) is 2.40. The van der Waals surface area contributed by atoms with E-state index >= 15 is 0 Å². The zero-order valence-electron chi connectivity index (χ0n) is 11.9. The fourth-order valence-electron chi connectivity index (χ4n) is 2.40. The Morgan fingerprint density at radius 3 is 2.67 bits per heavy atom. The Balaban J connectivity index is 1.96. The lowest BCUT2D eigenvalue weighted by Gasteiger charge is -2.06. The van der Waals surface area contributed by atoms with Gasteiger partial charge in [0, 0.05) is 18.9 Å². The minimum atomic E-state index is -0.108. The number of aromatic nitrogens is 4. The summed E-state index contributed by atoms with van der Waals surface area (Å²) < 4.78 is 2.11. The number of imidazole rings is 1. The van der Waals surface area contributed by atoms with E-state index in [1.54, 1.807) is 18.5 Å². The second-order valence-corrected chi connectivity index (χ2v) is 4.84. The lowest BCUT2D eigenvalue weighted by molar-refractivity contribution is 0.0980. The first-order chi connectivity index (χ1) is 10.3. The molecule has 2 aromatic heterocycles. The number of nitrogens with zero attached hydrogens (tertiary/aromatic N) is 4. The van der Waals surface area contributed by atoms with Gasteiger partial charge >= 0.3 is 0 Å². The Hall–Kier alpha value is -2.56. The first-order valence-corrected chi connectivity index (χ1v) is 7.04. The summed E-state index contributed by atoms with van der Waals surface area (Å²) in [7, 11) is 0. The Labute approximate surface area is 122 Å². The number of carbonyl (C=O) groups excluding carboxylic acids is 1. The second-order valence-electron chi connectivity index (χ2n) is 4.84. The van der Waals surface area contributed by atoms with Gasteiger partial charge < -0.3 is 4.57 Å². The van der Waals surface area contributed by atoms with Crippen molar-refractivity contribution in [3.05, 3.63) is 54.4 Å². The van der Waals surface area contributed by atoms with Gasteiger partial charge in [-0.15, -0.1) is 0 Å². The molecule has 1 aromatic carbocycles. The van der Waals surface area contributed by atoms with E-state index in [9.17, 15) is 4.79 Å². The maximum atomic E-state index is 12.3. The molecule has 0 unspecified atom stereocenters. The second kappa shape index (κ2) is 5.83. The molecule has 0 amide bonds. The van der Waals surface area contributed by atoms with E-state index in [1.807, 2.05) is 24.3 Å². The van der Waals surface area contributed by atoms with Crippen LogP contribution in [0.5, 0.6) is 0 Å². The van der Waals surface area contributed by atoms with E-state index in [0.29, 0.717) is 0 Å². The molecule has 21 heavy (non-hydrogen) atoms. The third-order valence-corrected chi connectivity index (χ3v) is 3.31. The third kappa shape index (κ3) is 2.67. The summed E-state index contributed by atoms with van der Waals surface area (Å²) in [6.45, 7) is 2.96. The van der Waals surface area contributed by atoms with Gasteiger partial charge in [-0.1, -0.05) is 19.1 Å². The molecule has 5 heteroatoms. The molecule has 0 saturated carbocycles. The molecule has 0 N–H and O–H groups in total. The van der Waals surface area contributed by atoms with Crippen molar-refractivity contribution in [2.45, 2.75) is 26.3 Å². The molecule has 0 radical (unpaired) electrons. The van der Waals surface area contributed by atoms with Crippen LogP contribution in [0.25, 0.3) is 11.0 Å². The SMILES string of the molecule is CCCn1c(CC(=O)c2ncccn2)nc2ccccc21. The monoisotopic (exact) mass is 280 g/mol. The predicted molar refractivity (Wildman–Crippen MR) is 80.1 cm³/mol. The number of aryl methyl sites for hydroxylation is 1. The van der Waals surface area contributed by atoms with E-state index in [2.05, 4.69) is 26.4 Å². The van der Waals surface area contributed by atoms with Crippen molar-refractivity contribution < 1.29 is 4.79 Å². The first-order valence-electron chi connectivity index (χ1n) is 7.04. The molecule has 2 heterocycles. The molecule has 106 valence electrons. The Bertz CT molecular complexity index is 764. The van der Waals surface area contributed by atoms with Gasteiger partial charge in [-0.3, -0.25) is 4.79 Å². The van der Waals surface area contributed by atoms with Gasteiger partial charge in [-0.2, -0.15) is 0 Å². The Kier molecular flexibility index (Phi) is 3.73. The van der Waals surface area contributed by atoms with Crippen LogP contribution >= 0.6 is 0 Å². The van der Waals surface area contributed by atoms with E-state index in [0.717, 1.165) is 29.8 Å². The van der Waals surface area contributed by atoms with E-state index in [4.69, 9.17) is 0 Å². The van der Waals surface area contributed by atoms with Crippen molar-refractivity contribution in [2.24, 2.45) is 0 Å². The molecular formula is C16H16N4O. The minimum absolute atomic E-state index is 0.108. The molecule has 5 nitrogen and oxygen atoms in total. The minimum Gasteiger partial charge on any atom is -0.328 e. The molecule has 0 bridgehead atoms. The number of ketones is 1. The van der Waals surface area contributed by atoms with Crippen molar-refractivity contribution in [3.63, 3.8) is 0 Å². The van der Waals surface area contributed by atoms with E-state index in [1.165, 1.54) is 0 Å². The zero-order chi connectivity index (χ0) is 14.7. The quantitative estimate of drug-likeness (QED) is 0.674. The summed E-state index contributed by atoms with van der Waals surface area (Å²) in [6.07, 6.45) is 4.37. The van der Waals surface area contributed by atoms with Gasteiger partial charge in [0.2, 0.25) is 5.78 Å². The van der Waals surface area contributed by atoms with Crippen LogP contribution in [-0.4, -0.2) is 25.3 Å². The number of rotatable bonds is 5. The van der Waals surface area contributed by atoms with Crippen molar-refractivity contribution in [3.8, 4) is 0 Å². The average Bonchev–Trinajstić information content (AvgIpc) is 2.86. The smallest absolute Gasteiger partial charge is 0.207 e. The van der Waals surface area contributed by atoms with Gasteiger partial charge in [0.15, 0.2) is 5.82 Å². The molecule has 0 atom stereocenters. The van der Waals surface area contributed by atoms with Crippen LogP contribution in [0.3, 0.4) is 0 Å². The van der Waals surface area contributed by atoms with Crippen molar-refractivity contribution in [2.75, 3.05) is 0 Å². The van der Waals surface area contributed by atoms with Crippen LogP contribution in [0.15, 0.2) is 42.7 Å². The summed E-state index contributed by atoms with van der Waals surface area (Å²) in [5.41, 5.74) is 1.99. The Morgan fingerprint density at radius 1 is 1.14 bits per heavy atom. The topological polar surface area (TPSA) is 60.7 Å². The van der Waals surface area contributed by atoms with Gasteiger partial charge in [0.25, 0.3) is 0 Å². The highest BCUT2D eigenvalue weighted by Crippen LogP contribution is 2.17. The number of carbonyl (C=O) groups is 1. The first kappa shape index (κ1) is 13.4. The number of fused-ring (bicyclic) bond motifs is 1. The lowest BCUT2D eigenvalue weighted by Crippen LogP contribution is -2.13. The van der Waals surface area contributed by atoms with E-state index < -0.39 is 0 Å². The normalized spacial score (nSPS) is 10.9. The van der Waals surface area contributed by atoms with E-state index in [-0.39, 0.29) is 18.0 Å². The average molecular weight is 280 g/mol. The van der Waals surface area contributed by atoms with Crippen molar-refractivity contribution in [1.82, 2.24) is 19.5 Å². The third-order valence-electron chi connectivity index (χ3n) is 3.31. The molecule has 0 aliphatic heterocycles. The zero-order valence-corrected chi connectivity index (χ0v) is 11.9. The maximum Gasteiger partial charge on any atom is 0.207 e. The van der Waals surface area contributed by atoms with Crippen molar-refractivity contribution in [1.29, 1.82) is 0 Å². The van der Waals surface area contributed by atoms with Gasteiger partial charge in [0.05, 0.1) is 17.5 Å². The molecule has 3 rings (SSSR count). The summed E-state index contributed by atoms with van der Waals surface area (Å²) in [4.78, 5) is 24.9. The molecule has 0 fully saturated rings. The summed E-state index contributed by atoms with van der Waals surface area (Å²) >= 11 is 0. The summed E-state index contributed by atoms with van der Waals surface area (Å²) in [6, 6.07) is 9.64. The van der Waals surface area contributed by atoms with Gasteiger partial charge in [-0.05, 0) is 24.6 Å². The molecule has 0 aliphatic carbocycles. The number of Topliss-reactive ketones (excluding diaryl/α,β-unsaturated/α-hetero) is 1. The van der Waals surface area contributed by atoms with Crippen LogP contribution in [0, 0.1) is 0 Å². The van der Waals surface area contributed by atoms with Gasteiger partial charge in [0.1, 0.15) is 5.82 Å². The van der Waals surface area contributed by atoms with Crippen LogP contribution in [0.2, 0.25) is 0 Å². The van der Waals surface area contributed by atoms with Crippen LogP contribution in [0.4, 0.5) is 0 Å². The van der Waals surface area contributed by atoms with Crippen LogP contribution < -0.4 is 0 Å². The van der Waals surface area contributed by atoms with Gasteiger partial charge in [-0.25, -0.2) is 15.0 Å². The molecule has 0 aliphatic rings. The fraction of sp³-hybridized carbons (Fsp3) is 0.250. The Morgan fingerprint density at radius 2 is 1.90 bits per heavy atom. The largest absolute Gasteiger partial charge is 0.328 e. The molecule has 3 aromatic rings. The number of hydrogen-bond donors (Lipinski definition) is 0.